The van der Waals surface area contributed by atoms with Gasteiger partial charge in [-0.2, -0.15) is 0 Å². The van der Waals surface area contributed by atoms with Gasteiger partial charge in [0.2, 0.25) is 0 Å². The van der Waals surface area contributed by atoms with Crippen LogP contribution in [-0.2, 0) is 6.42 Å². The molecule has 0 saturated carbocycles. The minimum absolute atomic E-state index is 0.225. The van der Waals surface area contributed by atoms with Crippen LogP contribution in [0.5, 0.6) is 5.75 Å². The minimum atomic E-state index is 0.225. The predicted octanol–water partition coefficient (Wildman–Crippen LogP) is 6.02. The molecule has 1 atom stereocenters. The van der Waals surface area contributed by atoms with Gasteiger partial charge in [0.25, 0.3) is 0 Å². The Balaban J connectivity index is 1.82. The molecule has 0 heterocycles. The summed E-state index contributed by atoms with van der Waals surface area (Å²) in [4.78, 5) is 0. The third kappa shape index (κ3) is 4.13. The first-order valence-corrected chi connectivity index (χ1v) is 8.55. The first-order chi connectivity index (χ1) is 11.4. The monoisotopic (exact) mass is 304 g/mol. The summed E-state index contributed by atoms with van der Waals surface area (Å²) in [5.41, 5.74) is 1.34. The fourth-order valence-corrected chi connectivity index (χ4v) is 2.99. The Labute approximate surface area is 138 Å². The van der Waals surface area contributed by atoms with E-state index in [4.69, 9.17) is 4.74 Å². The molecule has 0 amide bonds. The number of rotatable bonds is 7. The molecule has 0 fully saturated rings. The van der Waals surface area contributed by atoms with Gasteiger partial charge in [0, 0.05) is 11.8 Å². The van der Waals surface area contributed by atoms with E-state index >= 15 is 0 Å². The third-order valence-corrected chi connectivity index (χ3v) is 4.23. The van der Waals surface area contributed by atoms with Crippen molar-refractivity contribution in [2.24, 2.45) is 0 Å². The first-order valence-electron chi connectivity index (χ1n) is 8.55. The van der Waals surface area contributed by atoms with Crippen molar-refractivity contribution in [2.75, 3.05) is 0 Å². The normalized spacial score (nSPS) is 12.2. The van der Waals surface area contributed by atoms with Gasteiger partial charge in [-0.15, -0.1) is 0 Å². The van der Waals surface area contributed by atoms with Crippen molar-refractivity contribution in [3.63, 3.8) is 0 Å². The van der Waals surface area contributed by atoms with Crippen LogP contribution in [-0.4, -0.2) is 6.10 Å². The fourth-order valence-electron chi connectivity index (χ4n) is 2.99. The van der Waals surface area contributed by atoms with Gasteiger partial charge in [0.05, 0.1) is 0 Å². The zero-order chi connectivity index (χ0) is 15.9. The Morgan fingerprint density at radius 2 is 1.57 bits per heavy atom. The molecule has 0 aliphatic rings. The second-order valence-electron chi connectivity index (χ2n) is 6.05. The average molecular weight is 304 g/mol. The van der Waals surface area contributed by atoms with Crippen molar-refractivity contribution < 1.29 is 4.74 Å². The Kier molecular flexibility index (Phi) is 5.31. The lowest BCUT2D eigenvalue weighted by Gasteiger charge is -2.20. The number of hydrogen-bond acceptors (Lipinski definition) is 1. The summed E-state index contributed by atoms with van der Waals surface area (Å²) in [5, 5.41) is 2.43. The zero-order valence-corrected chi connectivity index (χ0v) is 13.7. The maximum atomic E-state index is 6.43. The quantitative estimate of drug-likeness (QED) is 0.518. The van der Waals surface area contributed by atoms with Crippen LogP contribution < -0.4 is 4.74 Å². The summed E-state index contributed by atoms with van der Waals surface area (Å²) < 4.78 is 6.43. The van der Waals surface area contributed by atoms with Gasteiger partial charge in [0.15, 0.2) is 0 Å². The van der Waals surface area contributed by atoms with E-state index in [9.17, 15) is 0 Å². The lowest BCUT2D eigenvalue weighted by molar-refractivity contribution is 0.190. The highest BCUT2D eigenvalue weighted by Crippen LogP contribution is 2.27. The largest absolute Gasteiger partial charge is 0.489 e. The molecule has 0 radical (unpaired) electrons. The molecule has 3 rings (SSSR count). The molecule has 1 unspecified atom stereocenters. The van der Waals surface area contributed by atoms with E-state index in [1.165, 1.54) is 29.2 Å². The smallest absolute Gasteiger partial charge is 0.127 e. The molecule has 0 spiro atoms. The van der Waals surface area contributed by atoms with Crippen LogP contribution >= 0.6 is 0 Å². The molecule has 0 N–H and O–H groups in total. The molecule has 0 aliphatic carbocycles. The van der Waals surface area contributed by atoms with Crippen LogP contribution in [0.2, 0.25) is 0 Å². The summed E-state index contributed by atoms with van der Waals surface area (Å²) >= 11 is 0. The summed E-state index contributed by atoms with van der Waals surface area (Å²) in [6.07, 6.45) is 4.67. The topological polar surface area (TPSA) is 9.23 Å². The Hall–Kier alpha value is -2.28. The molecule has 3 aromatic rings. The number of fused-ring (bicyclic) bond motifs is 1. The van der Waals surface area contributed by atoms with E-state index < -0.39 is 0 Å². The Morgan fingerprint density at radius 1 is 0.826 bits per heavy atom. The number of unbranched alkanes of at least 4 members (excludes halogenated alkanes) is 1. The van der Waals surface area contributed by atoms with Gasteiger partial charge in [0.1, 0.15) is 11.9 Å². The molecule has 0 saturated heterocycles. The molecule has 23 heavy (non-hydrogen) atoms. The second-order valence-corrected chi connectivity index (χ2v) is 6.05. The van der Waals surface area contributed by atoms with Gasteiger partial charge in [-0.3, -0.25) is 0 Å². The summed E-state index contributed by atoms with van der Waals surface area (Å²) in [6, 6.07) is 25.4. The molecular weight excluding hydrogens is 280 g/mol. The van der Waals surface area contributed by atoms with E-state index in [1.54, 1.807) is 0 Å². The lowest BCUT2D eigenvalue weighted by Crippen LogP contribution is -2.19. The lowest BCUT2D eigenvalue weighted by atomic mass is 10.0. The number of benzene rings is 3. The molecule has 3 aromatic carbocycles. The zero-order valence-electron chi connectivity index (χ0n) is 13.7. The van der Waals surface area contributed by atoms with Crippen LogP contribution in [0, 0.1) is 0 Å². The molecule has 118 valence electrons. The van der Waals surface area contributed by atoms with Gasteiger partial charge in [-0.05, 0) is 23.4 Å². The predicted molar refractivity (Wildman–Crippen MR) is 98.0 cm³/mol. The average Bonchev–Trinajstić information content (AvgIpc) is 2.61. The second kappa shape index (κ2) is 7.82. The van der Waals surface area contributed by atoms with Gasteiger partial charge >= 0.3 is 0 Å². The highest BCUT2D eigenvalue weighted by Gasteiger charge is 2.13. The fraction of sp³-hybridized carbons (Fsp3) is 0.273. The van der Waals surface area contributed by atoms with Gasteiger partial charge in [-0.25, -0.2) is 0 Å². The van der Waals surface area contributed by atoms with Crippen molar-refractivity contribution >= 4 is 10.8 Å². The van der Waals surface area contributed by atoms with E-state index in [-0.39, 0.29) is 6.10 Å². The molecule has 1 heteroatoms. The van der Waals surface area contributed by atoms with Crippen molar-refractivity contribution in [3.8, 4) is 5.75 Å². The summed E-state index contributed by atoms with van der Waals surface area (Å²) in [6.45, 7) is 2.23. The van der Waals surface area contributed by atoms with Crippen molar-refractivity contribution in [1.29, 1.82) is 0 Å². The Morgan fingerprint density at radius 3 is 2.39 bits per heavy atom. The molecular formula is C22H24O. The summed E-state index contributed by atoms with van der Waals surface area (Å²) in [7, 11) is 0. The van der Waals surface area contributed by atoms with E-state index in [0.29, 0.717) is 0 Å². The highest BCUT2D eigenvalue weighted by atomic mass is 16.5. The van der Waals surface area contributed by atoms with E-state index in [2.05, 4.69) is 79.7 Å². The number of hydrogen-bond donors (Lipinski definition) is 0. The van der Waals surface area contributed by atoms with Crippen LogP contribution in [0.25, 0.3) is 10.8 Å². The maximum absolute atomic E-state index is 6.43. The SMILES string of the molecule is CCCCC(Cc1ccccc1)Oc1cccc2ccccc12. The van der Waals surface area contributed by atoms with E-state index in [1.807, 2.05) is 0 Å². The maximum Gasteiger partial charge on any atom is 0.127 e. The Bertz CT molecular complexity index is 728. The van der Waals surface area contributed by atoms with Crippen molar-refractivity contribution in [2.45, 2.75) is 38.7 Å². The minimum Gasteiger partial charge on any atom is -0.489 e. The van der Waals surface area contributed by atoms with Crippen LogP contribution in [0.15, 0.2) is 72.8 Å². The molecule has 0 bridgehead atoms. The van der Waals surface area contributed by atoms with Crippen LogP contribution in [0.1, 0.15) is 31.7 Å². The van der Waals surface area contributed by atoms with E-state index in [0.717, 1.165) is 18.6 Å². The molecule has 0 aromatic heterocycles. The highest BCUT2D eigenvalue weighted by molar-refractivity contribution is 5.88. The van der Waals surface area contributed by atoms with Crippen molar-refractivity contribution in [3.05, 3.63) is 78.4 Å². The molecule has 0 aliphatic heterocycles. The third-order valence-electron chi connectivity index (χ3n) is 4.23. The standard InChI is InChI=1S/C22H24O/c1-2-3-14-20(17-18-10-5-4-6-11-18)23-22-16-9-13-19-12-7-8-15-21(19)22/h4-13,15-16,20H,2-3,14,17H2,1H3. The van der Waals surface area contributed by atoms with Gasteiger partial charge in [-0.1, -0.05) is 86.5 Å². The van der Waals surface area contributed by atoms with Crippen molar-refractivity contribution in [1.82, 2.24) is 0 Å². The van der Waals surface area contributed by atoms with Crippen LogP contribution in [0.4, 0.5) is 0 Å². The van der Waals surface area contributed by atoms with Crippen LogP contribution in [0.3, 0.4) is 0 Å². The van der Waals surface area contributed by atoms with Gasteiger partial charge < -0.3 is 4.74 Å². The first kappa shape index (κ1) is 15.6. The summed E-state index contributed by atoms with van der Waals surface area (Å²) in [5.74, 6) is 1.00. The molecule has 1 nitrogen and oxygen atoms in total. The number of ether oxygens (including phenoxy) is 1.